The third-order valence-electron chi connectivity index (χ3n) is 5.39. The average Bonchev–Trinajstić information content (AvgIpc) is 2.78. The summed E-state index contributed by atoms with van der Waals surface area (Å²) in [4.78, 5) is 14.9. The largest absolute Gasteiger partial charge is 0.490 e. The van der Waals surface area contributed by atoms with Crippen molar-refractivity contribution in [3.05, 3.63) is 48.0 Å². The lowest BCUT2D eigenvalue weighted by atomic mass is 9.87. The van der Waals surface area contributed by atoms with Crippen molar-refractivity contribution in [2.24, 2.45) is 5.41 Å². The summed E-state index contributed by atoms with van der Waals surface area (Å²) < 4.78 is 34.4. The highest BCUT2D eigenvalue weighted by molar-refractivity contribution is 7.92. The average molecular weight is 445 g/mol. The van der Waals surface area contributed by atoms with Gasteiger partial charge < -0.3 is 9.64 Å². The highest BCUT2D eigenvalue weighted by atomic mass is 32.2. The van der Waals surface area contributed by atoms with Gasteiger partial charge in [-0.1, -0.05) is 39.8 Å². The van der Waals surface area contributed by atoms with Crippen molar-refractivity contribution in [2.45, 2.75) is 58.3 Å². The summed E-state index contributed by atoms with van der Waals surface area (Å²) in [6, 6.07) is 12.0. The van der Waals surface area contributed by atoms with Gasteiger partial charge in [0.25, 0.3) is 10.0 Å². The molecule has 1 aliphatic heterocycles. The summed E-state index contributed by atoms with van der Waals surface area (Å²) in [6.45, 7) is 12.8. The molecule has 1 N–H and O–H groups in total. The number of nitrogens with zero attached hydrogens (tertiary/aromatic N) is 1. The third-order valence-corrected chi connectivity index (χ3v) is 6.79. The predicted molar refractivity (Wildman–Crippen MR) is 124 cm³/mol. The maximum atomic E-state index is 13.0. The quantitative estimate of drug-likeness (QED) is 0.708. The topological polar surface area (TPSA) is 75.7 Å². The highest BCUT2D eigenvalue weighted by Gasteiger charge is 2.37. The second-order valence-electron chi connectivity index (χ2n) is 9.69. The molecule has 0 atom stereocenters. The van der Waals surface area contributed by atoms with Gasteiger partial charge in [-0.3, -0.25) is 9.52 Å². The molecule has 0 spiro atoms. The molecule has 1 aliphatic rings. The minimum absolute atomic E-state index is 0.000341. The maximum Gasteiger partial charge on any atom is 0.261 e. The minimum Gasteiger partial charge on any atom is -0.490 e. The van der Waals surface area contributed by atoms with E-state index in [1.807, 2.05) is 32.9 Å². The fraction of sp³-hybridized carbons (Fsp3) is 0.458. The second-order valence-corrected chi connectivity index (χ2v) is 11.4. The van der Waals surface area contributed by atoms with Crippen LogP contribution in [-0.4, -0.2) is 27.5 Å². The molecule has 0 aliphatic carbocycles. The number of fused-ring (bicyclic) bond motifs is 1. The zero-order chi connectivity index (χ0) is 23.0. The Morgan fingerprint density at radius 2 is 1.74 bits per heavy atom. The first-order chi connectivity index (χ1) is 14.3. The van der Waals surface area contributed by atoms with Crippen LogP contribution < -0.4 is 14.4 Å². The smallest absolute Gasteiger partial charge is 0.261 e. The lowest BCUT2D eigenvalue weighted by Crippen LogP contribution is -2.42. The standard InChI is InChI=1S/C24H32N2O4S/c1-7-14-26-20-13-10-18(15-21(20)30-16-24(5,6)22(26)27)25-31(28,29)19-11-8-17(9-12-19)23(2,3)4/h8-13,15,25H,7,14,16H2,1-6H3. The van der Waals surface area contributed by atoms with Crippen LogP contribution in [0.15, 0.2) is 47.4 Å². The number of hydrogen-bond acceptors (Lipinski definition) is 4. The van der Waals surface area contributed by atoms with Crippen LogP contribution in [0.3, 0.4) is 0 Å². The van der Waals surface area contributed by atoms with Crippen LogP contribution in [-0.2, 0) is 20.2 Å². The molecule has 0 saturated carbocycles. The Balaban J connectivity index is 1.90. The molecular formula is C24H32N2O4S. The molecule has 31 heavy (non-hydrogen) atoms. The first kappa shape index (κ1) is 23.1. The number of carbonyl (C=O) groups excluding carboxylic acids is 1. The Hall–Kier alpha value is -2.54. The Morgan fingerprint density at radius 1 is 1.10 bits per heavy atom. The normalized spacial score (nSPS) is 16.3. The van der Waals surface area contributed by atoms with E-state index < -0.39 is 15.4 Å². The van der Waals surface area contributed by atoms with E-state index in [4.69, 9.17) is 4.74 Å². The lowest BCUT2D eigenvalue weighted by molar-refractivity contribution is -0.127. The number of rotatable bonds is 5. The molecule has 0 radical (unpaired) electrons. The number of benzene rings is 2. The van der Waals surface area contributed by atoms with Crippen molar-refractivity contribution in [3.8, 4) is 5.75 Å². The Kier molecular flexibility index (Phi) is 6.11. The molecular weight excluding hydrogens is 412 g/mol. The van der Waals surface area contributed by atoms with Crippen molar-refractivity contribution in [1.82, 2.24) is 0 Å². The summed E-state index contributed by atoms with van der Waals surface area (Å²) in [5, 5.41) is 0. The molecule has 6 nitrogen and oxygen atoms in total. The fourth-order valence-corrected chi connectivity index (χ4v) is 4.55. The molecule has 0 bridgehead atoms. The third kappa shape index (κ3) is 4.87. The number of anilines is 2. The van der Waals surface area contributed by atoms with E-state index in [1.54, 1.807) is 35.2 Å². The number of amides is 1. The molecule has 1 heterocycles. The summed E-state index contributed by atoms with van der Waals surface area (Å²) in [5.74, 6) is 0.496. The number of ether oxygens (including phenoxy) is 1. The molecule has 0 aromatic heterocycles. The van der Waals surface area contributed by atoms with Crippen molar-refractivity contribution >= 4 is 27.3 Å². The zero-order valence-electron chi connectivity index (χ0n) is 19.2. The Bertz CT molecular complexity index is 1070. The Labute approximate surface area is 185 Å². The molecule has 1 amide bonds. The van der Waals surface area contributed by atoms with Crippen LogP contribution in [0.4, 0.5) is 11.4 Å². The molecule has 3 rings (SSSR count). The van der Waals surface area contributed by atoms with E-state index >= 15 is 0 Å². The molecule has 2 aromatic carbocycles. The second kappa shape index (κ2) is 8.19. The molecule has 0 unspecified atom stereocenters. The SMILES string of the molecule is CCCN1C(=O)C(C)(C)COc2cc(NS(=O)(=O)c3ccc(C(C)(C)C)cc3)ccc21. The summed E-state index contributed by atoms with van der Waals surface area (Å²) in [6.07, 6.45) is 0.806. The van der Waals surface area contributed by atoms with Crippen molar-refractivity contribution < 1.29 is 17.9 Å². The number of carbonyl (C=O) groups is 1. The maximum absolute atomic E-state index is 13.0. The summed E-state index contributed by atoms with van der Waals surface area (Å²) in [5.41, 5.74) is 1.40. The zero-order valence-corrected chi connectivity index (χ0v) is 20.0. The van der Waals surface area contributed by atoms with E-state index in [2.05, 4.69) is 25.5 Å². The first-order valence-electron chi connectivity index (χ1n) is 10.6. The predicted octanol–water partition coefficient (Wildman–Crippen LogP) is 4.95. The van der Waals surface area contributed by atoms with Gasteiger partial charge in [0.1, 0.15) is 12.4 Å². The van der Waals surface area contributed by atoms with E-state index in [1.165, 1.54) is 0 Å². The monoisotopic (exact) mass is 444 g/mol. The molecule has 0 fully saturated rings. The van der Waals surface area contributed by atoms with E-state index in [9.17, 15) is 13.2 Å². The van der Waals surface area contributed by atoms with Crippen LogP contribution >= 0.6 is 0 Å². The van der Waals surface area contributed by atoms with Crippen molar-refractivity contribution in [2.75, 3.05) is 22.8 Å². The van der Waals surface area contributed by atoms with Crippen molar-refractivity contribution in [1.29, 1.82) is 0 Å². The van der Waals surface area contributed by atoms with Gasteiger partial charge in [0.05, 0.1) is 21.7 Å². The molecule has 168 valence electrons. The summed E-state index contributed by atoms with van der Waals surface area (Å²) in [7, 11) is -3.75. The van der Waals surface area contributed by atoms with Crippen LogP contribution in [0.1, 0.15) is 53.5 Å². The van der Waals surface area contributed by atoms with Crippen LogP contribution in [0.5, 0.6) is 5.75 Å². The van der Waals surface area contributed by atoms with Gasteiger partial charge in [-0.2, -0.15) is 0 Å². The van der Waals surface area contributed by atoms with Gasteiger partial charge in [0, 0.05) is 12.6 Å². The molecule has 7 heteroatoms. The minimum atomic E-state index is -3.75. The number of sulfonamides is 1. The van der Waals surface area contributed by atoms with E-state index in [-0.39, 0.29) is 22.8 Å². The first-order valence-corrected chi connectivity index (χ1v) is 12.1. The summed E-state index contributed by atoms with van der Waals surface area (Å²) >= 11 is 0. The van der Waals surface area contributed by atoms with Crippen LogP contribution in [0.2, 0.25) is 0 Å². The Morgan fingerprint density at radius 3 is 2.32 bits per heavy atom. The lowest BCUT2D eigenvalue weighted by Gasteiger charge is -2.27. The van der Waals surface area contributed by atoms with Gasteiger partial charge in [-0.15, -0.1) is 0 Å². The molecule has 0 saturated heterocycles. The van der Waals surface area contributed by atoms with E-state index in [0.717, 1.165) is 12.0 Å². The van der Waals surface area contributed by atoms with Gasteiger partial charge in [-0.05, 0) is 55.5 Å². The van der Waals surface area contributed by atoms with Crippen LogP contribution in [0, 0.1) is 5.41 Å². The number of hydrogen-bond donors (Lipinski definition) is 1. The number of nitrogens with one attached hydrogen (secondary N) is 1. The van der Waals surface area contributed by atoms with E-state index in [0.29, 0.717) is 23.7 Å². The van der Waals surface area contributed by atoms with Gasteiger partial charge in [-0.25, -0.2) is 8.42 Å². The van der Waals surface area contributed by atoms with Gasteiger partial charge >= 0.3 is 0 Å². The van der Waals surface area contributed by atoms with Crippen molar-refractivity contribution in [3.63, 3.8) is 0 Å². The molecule has 2 aromatic rings. The van der Waals surface area contributed by atoms with Crippen LogP contribution in [0.25, 0.3) is 0 Å². The van der Waals surface area contributed by atoms with Gasteiger partial charge in [0.15, 0.2) is 0 Å². The highest BCUT2D eigenvalue weighted by Crippen LogP contribution is 2.38. The van der Waals surface area contributed by atoms with Gasteiger partial charge in [0.2, 0.25) is 5.91 Å². The fourth-order valence-electron chi connectivity index (χ4n) is 3.50.